The molecule has 0 radical (unpaired) electrons. The number of rotatable bonds is 9. The van der Waals surface area contributed by atoms with Crippen LogP contribution in [0.3, 0.4) is 0 Å². The van der Waals surface area contributed by atoms with Crippen LogP contribution in [0.15, 0.2) is 0 Å². The molecule has 0 saturated carbocycles. The van der Waals surface area contributed by atoms with E-state index in [0.717, 1.165) is 51.9 Å². The average molecular weight is 299 g/mol. The molecule has 1 aliphatic rings. The van der Waals surface area contributed by atoms with Gasteiger partial charge in [-0.1, -0.05) is 6.92 Å². The van der Waals surface area contributed by atoms with Gasteiger partial charge in [0.25, 0.3) is 0 Å². The van der Waals surface area contributed by atoms with Crippen molar-refractivity contribution >= 4 is 5.91 Å². The molecule has 0 bridgehead atoms. The molecule has 0 aromatic heterocycles. The van der Waals surface area contributed by atoms with Gasteiger partial charge in [0.15, 0.2) is 0 Å². The van der Waals surface area contributed by atoms with Crippen molar-refractivity contribution in [3.05, 3.63) is 0 Å². The van der Waals surface area contributed by atoms with Crippen LogP contribution in [0.4, 0.5) is 0 Å². The van der Waals surface area contributed by atoms with Gasteiger partial charge in [0.2, 0.25) is 5.91 Å². The molecule has 3 N–H and O–H groups in total. The SMILES string of the molecule is CCCNC(C)(CCCCN1CC(C)OC(C)C1)C(N)=O. The molecule has 1 saturated heterocycles. The number of hydrogen-bond donors (Lipinski definition) is 2. The maximum absolute atomic E-state index is 11.6. The number of ether oxygens (including phenoxy) is 1. The maximum Gasteiger partial charge on any atom is 0.237 e. The summed E-state index contributed by atoms with van der Waals surface area (Å²) in [6.07, 6.45) is 4.54. The van der Waals surface area contributed by atoms with Crippen LogP contribution in [-0.4, -0.2) is 54.7 Å². The summed E-state index contributed by atoms with van der Waals surface area (Å²) in [5.74, 6) is -0.246. The number of morpholine rings is 1. The predicted octanol–water partition coefficient (Wildman–Crippen LogP) is 1.51. The minimum absolute atomic E-state index is 0.246. The van der Waals surface area contributed by atoms with Crippen molar-refractivity contribution in [1.82, 2.24) is 10.2 Å². The smallest absolute Gasteiger partial charge is 0.237 e. The number of carbonyl (C=O) groups excluding carboxylic acids is 1. The highest BCUT2D eigenvalue weighted by molar-refractivity contribution is 5.84. The molecule has 1 aliphatic heterocycles. The topological polar surface area (TPSA) is 67.6 Å². The van der Waals surface area contributed by atoms with E-state index < -0.39 is 5.54 Å². The van der Waals surface area contributed by atoms with Gasteiger partial charge in [0, 0.05) is 13.1 Å². The summed E-state index contributed by atoms with van der Waals surface area (Å²) in [4.78, 5) is 14.1. The number of amides is 1. The van der Waals surface area contributed by atoms with Crippen molar-refractivity contribution in [2.75, 3.05) is 26.2 Å². The van der Waals surface area contributed by atoms with Crippen LogP contribution in [0.25, 0.3) is 0 Å². The average Bonchev–Trinajstić information content (AvgIpc) is 2.40. The third kappa shape index (κ3) is 6.32. The molecule has 3 atom stereocenters. The molecule has 5 nitrogen and oxygen atoms in total. The van der Waals surface area contributed by atoms with Gasteiger partial charge in [0.1, 0.15) is 0 Å². The third-order valence-electron chi connectivity index (χ3n) is 4.21. The molecule has 1 rings (SSSR count). The van der Waals surface area contributed by atoms with Gasteiger partial charge >= 0.3 is 0 Å². The Morgan fingerprint density at radius 1 is 1.33 bits per heavy atom. The fourth-order valence-corrected chi connectivity index (χ4v) is 2.98. The van der Waals surface area contributed by atoms with Crippen LogP contribution in [0.5, 0.6) is 0 Å². The van der Waals surface area contributed by atoms with Crippen molar-refractivity contribution in [2.24, 2.45) is 5.73 Å². The molecule has 1 heterocycles. The second-order valence-electron chi connectivity index (χ2n) is 6.60. The van der Waals surface area contributed by atoms with E-state index in [2.05, 4.69) is 31.0 Å². The van der Waals surface area contributed by atoms with Crippen molar-refractivity contribution in [3.63, 3.8) is 0 Å². The largest absolute Gasteiger partial charge is 0.373 e. The summed E-state index contributed by atoms with van der Waals surface area (Å²) in [7, 11) is 0. The van der Waals surface area contributed by atoms with Crippen LogP contribution in [0.2, 0.25) is 0 Å². The van der Waals surface area contributed by atoms with E-state index in [1.54, 1.807) is 0 Å². The summed E-state index contributed by atoms with van der Waals surface area (Å²) in [6, 6.07) is 0. The molecule has 3 unspecified atom stereocenters. The van der Waals surface area contributed by atoms with E-state index in [1.807, 2.05) is 6.92 Å². The number of primary amides is 1. The number of hydrogen-bond acceptors (Lipinski definition) is 4. The second-order valence-corrected chi connectivity index (χ2v) is 6.60. The Labute approximate surface area is 129 Å². The van der Waals surface area contributed by atoms with Crippen molar-refractivity contribution in [1.29, 1.82) is 0 Å². The van der Waals surface area contributed by atoms with Gasteiger partial charge in [0.05, 0.1) is 17.7 Å². The lowest BCUT2D eigenvalue weighted by molar-refractivity contribution is -0.124. The minimum Gasteiger partial charge on any atom is -0.373 e. The maximum atomic E-state index is 11.6. The Kier molecular flexibility index (Phi) is 7.63. The van der Waals surface area contributed by atoms with Gasteiger partial charge in [-0.2, -0.15) is 0 Å². The lowest BCUT2D eigenvalue weighted by Gasteiger charge is -2.35. The lowest BCUT2D eigenvalue weighted by Crippen LogP contribution is -2.53. The van der Waals surface area contributed by atoms with Gasteiger partial charge in [-0.05, 0) is 59.5 Å². The molecule has 5 heteroatoms. The lowest BCUT2D eigenvalue weighted by atomic mass is 9.93. The molecular weight excluding hydrogens is 266 g/mol. The van der Waals surface area contributed by atoms with Crippen LogP contribution in [-0.2, 0) is 9.53 Å². The number of nitrogens with zero attached hydrogens (tertiary/aromatic N) is 1. The van der Waals surface area contributed by atoms with Crippen LogP contribution >= 0.6 is 0 Å². The standard InChI is InChI=1S/C16H33N3O2/c1-5-9-18-16(4,15(17)20)8-6-7-10-19-11-13(2)21-14(3)12-19/h13-14,18H,5-12H2,1-4H3,(H2,17,20). The van der Waals surface area contributed by atoms with Gasteiger partial charge < -0.3 is 15.8 Å². The first-order valence-electron chi connectivity index (χ1n) is 8.30. The Balaban J connectivity index is 2.29. The van der Waals surface area contributed by atoms with E-state index in [9.17, 15) is 4.79 Å². The highest BCUT2D eigenvalue weighted by Gasteiger charge is 2.29. The minimum atomic E-state index is -0.568. The normalized spacial score (nSPS) is 26.5. The summed E-state index contributed by atoms with van der Waals surface area (Å²) >= 11 is 0. The molecule has 124 valence electrons. The number of unbranched alkanes of at least 4 members (excludes halogenated alkanes) is 1. The predicted molar refractivity (Wildman–Crippen MR) is 86.2 cm³/mol. The zero-order chi connectivity index (χ0) is 15.9. The highest BCUT2D eigenvalue weighted by Crippen LogP contribution is 2.16. The summed E-state index contributed by atoms with van der Waals surface area (Å²) in [5, 5.41) is 3.29. The van der Waals surface area contributed by atoms with E-state index >= 15 is 0 Å². The van der Waals surface area contributed by atoms with Gasteiger partial charge in [-0.25, -0.2) is 0 Å². The number of nitrogens with one attached hydrogen (secondary N) is 1. The number of nitrogens with two attached hydrogens (primary N) is 1. The first-order valence-corrected chi connectivity index (χ1v) is 8.30. The summed E-state index contributed by atoms with van der Waals surface area (Å²) in [6.45, 7) is 12.2. The summed E-state index contributed by atoms with van der Waals surface area (Å²) in [5.41, 5.74) is 4.98. The Bertz CT molecular complexity index is 315. The zero-order valence-corrected chi connectivity index (χ0v) is 14.2. The third-order valence-corrected chi connectivity index (χ3v) is 4.21. The molecule has 0 spiro atoms. The first kappa shape index (κ1) is 18.4. The van der Waals surface area contributed by atoms with E-state index in [-0.39, 0.29) is 5.91 Å². The quantitative estimate of drug-likeness (QED) is 0.633. The first-order chi connectivity index (χ1) is 9.87. The molecule has 0 aromatic rings. The second kappa shape index (κ2) is 8.71. The van der Waals surface area contributed by atoms with Gasteiger partial charge in [-0.3, -0.25) is 9.69 Å². The van der Waals surface area contributed by atoms with Crippen molar-refractivity contribution in [2.45, 2.75) is 71.1 Å². The number of carbonyl (C=O) groups is 1. The zero-order valence-electron chi connectivity index (χ0n) is 14.2. The van der Waals surface area contributed by atoms with E-state index in [1.165, 1.54) is 0 Å². The van der Waals surface area contributed by atoms with E-state index in [4.69, 9.17) is 10.5 Å². The molecule has 1 amide bonds. The molecular formula is C16H33N3O2. The molecule has 1 fully saturated rings. The van der Waals surface area contributed by atoms with Crippen molar-refractivity contribution in [3.8, 4) is 0 Å². The Hall–Kier alpha value is -0.650. The van der Waals surface area contributed by atoms with Gasteiger partial charge in [-0.15, -0.1) is 0 Å². The molecule has 21 heavy (non-hydrogen) atoms. The summed E-state index contributed by atoms with van der Waals surface area (Å²) < 4.78 is 5.74. The molecule has 0 aliphatic carbocycles. The van der Waals surface area contributed by atoms with Crippen LogP contribution < -0.4 is 11.1 Å². The van der Waals surface area contributed by atoms with Crippen molar-refractivity contribution < 1.29 is 9.53 Å². The fraction of sp³-hybridized carbons (Fsp3) is 0.938. The van der Waals surface area contributed by atoms with E-state index in [0.29, 0.717) is 12.2 Å². The van der Waals surface area contributed by atoms with Crippen LogP contribution in [0, 0.1) is 0 Å². The fourth-order valence-electron chi connectivity index (χ4n) is 2.98. The Morgan fingerprint density at radius 2 is 1.95 bits per heavy atom. The van der Waals surface area contributed by atoms with Crippen LogP contribution in [0.1, 0.15) is 53.4 Å². The Morgan fingerprint density at radius 3 is 2.48 bits per heavy atom. The highest BCUT2D eigenvalue weighted by atomic mass is 16.5. The monoisotopic (exact) mass is 299 g/mol. The molecule has 0 aromatic carbocycles.